The zero-order chi connectivity index (χ0) is 14.0. The molecule has 0 aromatic rings. The summed E-state index contributed by atoms with van der Waals surface area (Å²) < 4.78 is 5.33. The standard InChI is InChI=1S/C14H21NO3/c1-6-8-11(16)14(5)9-7-10-15(14)12(17)18-13(2,3)4/h1H,7-10H2,2-5H3/t14-/m0/s1. The molecule has 4 nitrogen and oxygen atoms in total. The second-order valence-corrected chi connectivity index (χ2v) is 5.81. The molecule has 1 heterocycles. The highest BCUT2D eigenvalue weighted by molar-refractivity contribution is 5.93. The fourth-order valence-electron chi connectivity index (χ4n) is 2.15. The lowest BCUT2D eigenvalue weighted by atomic mass is 9.91. The van der Waals surface area contributed by atoms with Gasteiger partial charge in [0.15, 0.2) is 5.78 Å². The summed E-state index contributed by atoms with van der Waals surface area (Å²) in [7, 11) is 0. The van der Waals surface area contributed by atoms with Gasteiger partial charge in [-0.25, -0.2) is 4.79 Å². The van der Waals surface area contributed by atoms with E-state index < -0.39 is 17.2 Å². The van der Waals surface area contributed by atoms with Crippen molar-refractivity contribution in [3.05, 3.63) is 0 Å². The van der Waals surface area contributed by atoms with E-state index in [0.29, 0.717) is 13.0 Å². The van der Waals surface area contributed by atoms with E-state index in [1.54, 1.807) is 6.92 Å². The molecule has 0 N–H and O–H groups in total. The molecule has 0 aromatic heterocycles. The van der Waals surface area contributed by atoms with E-state index in [9.17, 15) is 9.59 Å². The summed E-state index contributed by atoms with van der Waals surface area (Å²) >= 11 is 0. The van der Waals surface area contributed by atoms with E-state index in [0.717, 1.165) is 6.42 Å². The smallest absolute Gasteiger partial charge is 0.411 e. The maximum atomic E-state index is 12.1. The van der Waals surface area contributed by atoms with Gasteiger partial charge in [0.2, 0.25) is 0 Å². The molecule has 0 aromatic carbocycles. The van der Waals surface area contributed by atoms with E-state index in [-0.39, 0.29) is 12.2 Å². The third-order valence-electron chi connectivity index (χ3n) is 3.12. The first-order valence-corrected chi connectivity index (χ1v) is 6.18. The summed E-state index contributed by atoms with van der Waals surface area (Å²) in [6.45, 7) is 7.73. The van der Waals surface area contributed by atoms with Gasteiger partial charge in [0.25, 0.3) is 0 Å². The summed E-state index contributed by atoms with van der Waals surface area (Å²) in [6, 6.07) is 0. The van der Waals surface area contributed by atoms with Crippen LogP contribution in [-0.2, 0) is 9.53 Å². The Morgan fingerprint density at radius 3 is 2.56 bits per heavy atom. The number of ketones is 1. The minimum Gasteiger partial charge on any atom is -0.444 e. The fourth-order valence-corrected chi connectivity index (χ4v) is 2.15. The molecule has 0 unspecified atom stereocenters. The van der Waals surface area contributed by atoms with Crippen molar-refractivity contribution in [3.8, 4) is 12.3 Å². The number of Topliss-reactive ketones (excluding diaryl/α,β-unsaturated/α-hetero) is 1. The van der Waals surface area contributed by atoms with E-state index in [4.69, 9.17) is 11.2 Å². The van der Waals surface area contributed by atoms with Crippen molar-refractivity contribution in [1.82, 2.24) is 4.90 Å². The van der Waals surface area contributed by atoms with Crippen LogP contribution in [0.1, 0.15) is 47.0 Å². The van der Waals surface area contributed by atoms with Gasteiger partial charge in [-0.3, -0.25) is 9.69 Å². The predicted molar refractivity (Wildman–Crippen MR) is 69.0 cm³/mol. The Balaban J connectivity index is 2.85. The van der Waals surface area contributed by atoms with Crippen LogP contribution in [0.25, 0.3) is 0 Å². The van der Waals surface area contributed by atoms with Crippen LogP contribution in [-0.4, -0.2) is 34.5 Å². The Bertz CT molecular complexity index is 389. The highest BCUT2D eigenvalue weighted by atomic mass is 16.6. The first-order chi connectivity index (χ1) is 8.20. The number of likely N-dealkylation sites (tertiary alicyclic amines) is 1. The lowest BCUT2D eigenvalue weighted by Crippen LogP contribution is -2.52. The highest BCUT2D eigenvalue weighted by Gasteiger charge is 2.46. The molecule has 0 spiro atoms. The quantitative estimate of drug-likeness (QED) is 0.708. The molecule has 1 aliphatic rings. The van der Waals surface area contributed by atoms with Crippen molar-refractivity contribution in [2.45, 2.75) is 58.1 Å². The molecule has 0 saturated carbocycles. The van der Waals surface area contributed by atoms with E-state index in [1.165, 1.54) is 4.90 Å². The van der Waals surface area contributed by atoms with Gasteiger partial charge in [0, 0.05) is 6.54 Å². The monoisotopic (exact) mass is 251 g/mol. The SMILES string of the molecule is C#CCC(=O)[C@]1(C)CCCN1C(=O)OC(C)(C)C. The second-order valence-electron chi connectivity index (χ2n) is 5.81. The lowest BCUT2D eigenvalue weighted by molar-refractivity contribution is -0.127. The van der Waals surface area contributed by atoms with Gasteiger partial charge in [-0.05, 0) is 40.5 Å². The Hall–Kier alpha value is -1.50. The molecule has 18 heavy (non-hydrogen) atoms. The van der Waals surface area contributed by atoms with Gasteiger partial charge in [-0.1, -0.05) is 5.92 Å². The van der Waals surface area contributed by atoms with Crippen molar-refractivity contribution in [1.29, 1.82) is 0 Å². The minimum atomic E-state index is -0.811. The number of nitrogens with zero attached hydrogens (tertiary/aromatic N) is 1. The molecule has 100 valence electrons. The Morgan fingerprint density at radius 1 is 1.44 bits per heavy atom. The minimum absolute atomic E-state index is 0.0514. The first-order valence-electron chi connectivity index (χ1n) is 6.18. The molecule has 1 amide bonds. The number of terminal acetylenes is 1. The highest BCUT2D eigenvalue weighted by Crippen LogP contribution is 2.32. The summed E-state index contributed by atoms with van der Waals surface area (Å²) in [5.41, 5.74) is -1.37. The summed E-state index contributed by atoms with van der Waals surface area (Å²) in [5, 5.41) is 0. The third kappa shape index (κ3) is 3.04. The van der Waals surface area contributed by atoms with Crippen LogP contribution in [0.5, 0.6) is 0 Å². The first kappa shape index (κ1) is 14.6. The number of carbonyl (C=O) groups is 2. The zero-order valence-electron chi connectivity index (χ0n) is 11.6. The molecular weight excluding hydrogens is 230 g/mol. The number of carbonyl (C=O) groups excluding carboxylic acids is 2. The second kappa shape index (κ2) is 5.01. The molecule has 1 atom stereocenters. The summed E-state index contributed by atoms with van der Waals surface area (Å²) in [6.07, 6.45) is 6.23. The maximum Gasteiger partial charge on any atom is 0.411 e. The Kier molecular flexibility index (Phi) is 4.05. The lowest BCUT2D eigenvalue weighted by Gasteiger charge is -2.34. The van der Waals surface area contributed by atoms with Crippen molar-refractivity contribution in [3.63, 3.8) is 0 Å². The number of rotatable bonds is 2. The van der Waals surface area contributed by atoms with Crippen molar-refractivity contribution < 1.29 is 14.3 Å². The van der Waals surface area contributed by atoms with Crippen LogP contribution in [0.2, 0.25) is 0 Å². The molecule has 4 heteroatoms. The number of hydrogen-bond acceptors (Lipinski definition) is 3. The number of ether oxygens (including phenoxy) is 1. The molecule has 1 fully saturated rings. The van der Waals surface area contributed by atoms with E-state index in [1.807, 2.05) is 20.8 Å². The Labute approximate surface area is 109 Å². The predicted octanol–water partition coefficient (Wildman–Crippen LogP) is 2.37. The Morgan fingerprint density at radius 2 is 2.06 bits per heavy atom. The van der Waals surface area contributed by atoms with Crippen molar-refractivity contribution >= 4 is 11.9 Å². The van der Waals surface area contributed by atoms with Crippen molar-refractivity contribution in [2.24, 2.45) is 0 Å². The molecule has 1 aliphatic heterocycles. The van der Waals surface area contributed by atoms with Gasteiger partial charge < -0.3 is 4.74 Å². The summed E-state index contributed by atoms with van der Waals surface area (Å²) in [4.78, 5) is 25.7. The van der Waals surface area contributed by atoms with Gasteiger partial charge in [-0.15, -0.1) is 6.42 Å². The van der Waals surface area contributed by atoms with Crippen LogP contribution >= 0.6 is 0 Å². The average molecular weight is 251 g/mol. The third-order valence-corrected chi connectivity index (χ3v) is 3.12. The largest absolute Gasteiger partial charge is 0.444 e. The van der Waals surface area contributed by atoms with Crippen LogP contribution < -0.4 is 0 Å². The molecule has 1 saturated heterocycles. The molecule has 0 bridgehead atoms. The summed E-state index contributed by atoms with van der Waals surface area (Å²) in [5.74, 6) is 2.26. The topological polar surface area (TPSA) is 46.6 Å². The van der Waals surface area contributed by atoms with E-state index in [2.05, 4.69) is 5.92 Å². The van der Waals surface area contributed by atoms with E-state index >= 15 is 0 Å². The molecular formula is C14H21NO3. The molecule has 0 radical (unpaired) electrons. The van der Waals surface area contributed by atoms with Crippen LogP contribution in [0.15, 0.2) is 0 Å². The molecule has 1 rings (SSSR count). The van der Waals surface area contributed by atoms with Crippen LogP contribution in [0.3, 0.4) is 0 Å². The van der Waals surface area contributed by atoms with Gasteiger partial charge in [0.05, 0.1) is 6.42 Å². The van der Waals surface area contributed by atoms with Gasteiger partial charge in [0.1, 0.15) is 11.1 Å². The van der Waals surface area contributed by atoms with Gasteiger partial charge in [-0.2, -0.15) is 0 Å². The van der Waals surface area contributed by atoms with Crippen LogP contribution in [0.4, 0.5) is 4.79 Å². The number of hydrogen-bond donors (Lipinski definition) is 0. The zero-order valence-corrected chi connectivity index (χ0v) is 11.6. The average Bonchev–Trinajstić information content (AvgIpc) is 2.59. The van der Waals surface area contributed by atoms with Crippen molar-refractivity contribution in [2.75, 3.05) is 6.54 Å². The van der Waals surface area contributed by atoms with Gasteiger partial charge >= 0.3 is 6.09 Å². The normalized spacial score (nSPS) is 23.6. The number of amides is 1. The van der Waals surface area contributed by atoms with Crippen LogP contribution in [0, 0.1) is 12.3 Å². The molecule has 0 aliphatic carbocycles. The fraction of sp³-hybridized carbons (Fsp3) is 0.714. The maximum absolute atomic E-state index is 12.1.